The average Bonchev–Trinajstić information content (AvgIpc) is 2.80. The van der Waals surface area contributed by atoms with Crippen molar-refractivity contribution in [3.63, 3.8) is 0 Å². The van der Waals surface area contributed by atoms with Crippen LogP contribution in [-0.4, -0.2) is 5.11 Å². The standard InChI is InChI=1S/C26H21NO2/c28-24-18-10-7-15-21(24)25-27-23-17-9-8-16-22(23)26(29-25,19-11-3-1-4-12-19)20-13-5-2-6-14-20/h1-18,25,27-28H/t25-/m0/s1. The highest BCUT2D eigenvalue weighted by atomic mass is 16.5. The number of benzene rings is 4. The Morgan fingerprint density at radius 2 is 1.21 bits per heavy atom. The molecular formula is C26H21NO2. The summed E-state index contributed by atoms with van der Waals surface area (Å²) in [5.41, 5.74) is 4.01. The van der Waals surface area contributed by atoms with Crippen LogP contribution < -0.4 is 5.32 Å². The van der Waals surface area contributed by atoms with Gasteiger partial charge in [-0.15, -0.1) is 0 Å². The fraction of sp³-hybridized carbons (Fsp3) is 0.0769. The van der Waals surface area contributed by atoms with E-state index in [1.807, 2.05) is 66.7 Å². The Balaban J connectivity index is 1.80. The van der Waals surface area contributed by atoms with Gasteiger partial charge in [-0.1, -0.05) is 97.1 Å². The summed E-state index contributed by atoms with van der Waals surface area (Å²) in [6.07, 6.45) is -0.508. The molecule has 29 heavy (non-hydrogen) atoms. The van der Waals surface area contributed by atoms with E-state index in [0.717, 1.165) is 22.4 Å². The summed E-state index contributed by atoms with van der Waals surface area (Å²) in [5, 5.41) is 14.0. The molecule has 0 radical (unpaired) electrons. The van der Waals surface area contributed by atoms with Gasteiger partial charge in [-0.2, -0.15) is 0 Å². The topological polar surface area (TPSA) is 41.5 Å². The van der Waals surface area contributed by atoms with E-state index >= 15 is 0 Å². The van der Waals surface area contributed by atoms with Crippen LogP contribution in [0.4, 0.5) is 5.69 Å². The lowest BCUT2D eigenvalue weighted by molar-refractivity contribution is -0.0440. The van der Waals surface area contributed by atoms with E-state index in [-0.39, 0.29) is 5.75 Å². The summed E-state index contributed by atoms with van der Waals surface area (Å²) in [6.45, 7) is 0. The number of phenols is 1. The highest BCUT2D eigenvalue weighted by Gasteiger charge is 2.45. The lowest BCUT2D eigenvalue weighted by Gasteiger charge is -2.44. The second-order valence-electron chi connectivity index (χ2n) is 7.16. The first-order chi connectivity index (χ1) is 14.3. The summed E-state index contributed by atoms with van der Waals surface area (Å²) in [6, 6.07) is 36.0. The van der Waals surface area contributed by atoms with Crippen LogP contribution in [0.3, 0.4) is 0 Å². The van der Waals surface area contributed by atoms with Crippen molar-refractivity contribution in [2.45, 2.75) is 11.8 Å². The summed E-state index contributed by atoms with van der Waals surface area (Å²) in [4.78, 5) is 0. The van der Waals surface area contributed by atoms with Crippen LogP contribution in [0, 0.1) is 0 Å². The molecule has 0 fully saturated rings. The Bertz CT molecular complexity index is 1090. The lowest BCUT2D eigenvalue weighted by atomic mass is 9.78. The fourth-order valence-corrected chi connectivity index (χ4v) is 4.14. The molecule has 3 heteroatoms. The third kappa shape index (κ3) is 2.87. The molecule has 5 rings (SSSR count). The van der Waals surface area contributed by atoms with Gasteiger partial charge >= 0.3 is 0 Å². The zero-order valence-electron chi connectivity index (χ0n) is 15.8. The summed E-state index contributed by atoms with van der Waals surface area (Å²) < 4.78 is 6.87. The van der Waals surface area contributed by atoms with Crippen LogP contribution in [0.5, 0.6) is 5.75 Å². The molecule has 142 valence electrons. The third-order valence-corrected chi connectivity index (χ3v) is 5.47. The van der Waals surface area contributed by atoms with Gasteiger partial charge in [-0.25, -0.2) is 0 Å². The molecule has 1 heterocycles. The van der Waals surface area contributed by atoms with Gasteiger partial charge in [0.05, 0.1) is 0 Å². The highest BCUT2D eigenvalue weighted by molar-refractivity contribution is 5.64. The molecule has 4 aromatic carbocycles. The molecule has 0 bridgehead atoms. The van der Waals surface area contributed by atoms with Gasteiger partial charge in [0.15, 0.2) is 6.23 Å². The number of aromatic hydroxyl groups is 1. The monoisotopic (exact) mass is 379 g/mol. The van der Waals surface area contributed by atoms with Crippen molar-refractivity contribution in [2.24, 2.45) is 0 Å². The van der Waals surface area contributed by atoms with Crippen molar-refractivity contribution in [1.29, 1.82) is 0 Å². The van der Waals surface area contributed by atoms with Crippen LogP contribution in [0.15, 0.2) is 109 Å². The van der Waals surface area contributed by atoms with E-state index in [2.05, 4.69) is 41.7 Å². The molecule has 1 aliphatic heterocycles. The molecule has 0 amide bonds. The molecule has 0 aromatic heterocycles. The molecular weight excluding hydrogens is 358 g/mol. The Kier molecular flexibility index (Phi) is 4.30. The Labute approximate surface area is 170 Å². The number of hydrogen-bond donors (Lipinski definition) is 2. The van der Waals surface area contributed by atoms with Gasteiger partial charge in [-0.05, 0) is 23.3 Å². The van der Waals surface area contributed by atoms with Crippen LogP contribution in [0.1, 0.15) is 28.5 Å². The molecule has 2 N–H and O–H groups in total. The van der Waals surface area contributed by atoms with E-state index in [4.69, 9.17) is 4.74 Å². The van der Waals surface area contributed by atoms with E-state index in [1.165, 1.54) is 0 Å². The number of rotatable bonds is 3. The van der Waals surface area contributed by atoms with Crippen LogP contribution in [0.25, 0.3) is 0 Å². The molecule has 0 saturated carbocycles. The molecule has 0 aliphatic carbocycles. The van der Waals surface area contributed by atoms with Crippen molar-refractivity contribution in [2.75, 3.05) is 5.32 Å². The van der Waals surface area contributed by atoms with Crippen molar-refractivity contribution < 1.29 is 9.84 Å². The van der Waals surface area contributed by atoms with Crippen molar-refractivity contribution in [1.82, 2.24) is 0 Å². The normalized spacial score (nSPS) is 17.2. The first-order valence-corrected chi connectivity index (χ1v) is 9.72. The molecule has 0 saturated heterocycles. The van der Waals surface area contributed by atoms with Gasteiger partial charge in [0.2, 0.25) is 0 Å². The Hall–Kier alpha value is -3.56. The first-order valence-electron chi connectivity index (χ1n) is 9.72. The number of anilines is 1. The molecule has 0 unspecified atom stereocenters. The van der Waals surface area contributed by atoms with Crippen LogP contribution in [-0.2, 0) is 10.3 Å². The summed E-state index contributed by atoms with van der Waals surface area (Å²) in [7, 11) is 0. The van der Waals surface area contributed by atoms with Crippen LogP contribution in [0.2, 0.25) is 0 Å². The molecule has 1 aliphatic rings. The Morgan fingerprint density at radius 3 is 1.86 bits per heavy atom. The maximum atomic E-state index is 10.5. The zero-order valence-corrected chi connectivity index (χ0v) is 15.8. The molecule has 4 aromatic rings. The quantitative estimate of drug-likeness (QED) is 0.471. The predicted molar refractivity (Wildman–Crippen MR) is 115 cm³/mol. The minimum absolute atomic E-state index is 0.208. The largest absolute Gasteiger partial charge is 0.507 e. The number of phenolic OH excluding ortho intramolecular Hbond substituents is 1. The number of nitrogens with one attached hydrogen (secondary N) is 1. The SMILES string of the molecule is Oc1ccccc1[C@H]1Nc2ccccc2C(c2ccccc2)(c2ccccc2)O1. The maximum Gasteiger partial charge on any atom is 0.159 e. The van der Waals surface area contributed by atoms with Gasteiger partial charge in [0.1, 0.15) is 11.4 Å². The summed E-state index contributed by atoms with van der Waals surface area (Å²) >= 11 is 0. The minimum Gasteiger partial charge on any atom is -0.507 e. The van der Waals surface area contributed by atoms with Gasteiger partial charge < -0.3 is 15.2 Å². The third-order valence-electron chi connectivity index (χ3n) is 5.47. The van der Waals surface area contributed by atoms with E-state index < -0.39 is 11.8 Å². The van der Waals surface area contributed by atoms with Crippen molar-refractivity contribution in [3.8, 4) is 5.75 Å². The smallest absolute Gasteiger partial charge is 0.159 e. The van der Waals surface area contributed by atoms with Gasteiger partial charge in [-0.3, -0.25) is 0 Å². The van der Waals surface area contributed by atoms with Gasteiger partial charge in [0, 0.05) is 16.8 Å². The van der Waals surface area contributed by atoms with E-state index in [1.54, 1.807) is 6.07 Å². The zero-order chi connectivity index (χ0) is 19.7. The van der Waals surface area contributed by atoms with E-state index in [9.17, 15) is 5.11 Å². The molecule has 0 spiro atoms. The average molecular weight is 379 g/mol. The first kappa shape index (κ1) is 17.5. The fourth-order valence-electron chi connectivity index (χ4n) is 4.14. The lowest BCUT2D eigenvalue weighted by Crippen LogP contribution is -2.40. The van der Waals surface area contributed by atoms with Gasteiger partial charge in [0.25, 0.3) is 0 Å². The number of fused-ring (bicyclic) bond motifs is 1. The predicted octanol–water partition coefficient (Wildman–Crippen LogP) is 5.83. The number of ether oxygens (including phenoxy) is 1. The molecule has 1 atom stereocenters. The number of para-hydroxylation sites is 2. The maximum absolute atomic E-state index is 10.5. The van der Waals surface area contributed by atoms with Crippen LogP contribution >= 0.6 is 0 Å². The second-order valence-corrected chi connectivity index (χ2v) is 7.16. The highest BCUT2D eigenvalue weighted by Crippen LogP contribution is 2.50. The van der Waals surface area contributed by atoms with E-state index in [0.29, 0.717) is 5.56 Å². The Morgan fingerprint density at radius 1 is 0.655 bits per heavy atom. The molecule has 3 nitrogen and oxygen atoms in total. The minimum atomic E-state index is -0.808. The second kappa shape index (κ2) is 7.12. The van der Waals surface area contributed by atoms with Crippen molar-refractivity contribution in [3.05, 3.63) is 131 Å². The summed E-state index contributed by atoms with van der Waals surface area (Å²) in [5.74, 6) is 0.208. The number of hydrogen-bond acceptors (Lipinski definition) is 3. The van der Waals surface area contributed by atoms with Crippen molar-refractivity contribution >= 4 is 5.69 Å².